The van der Waals surface area contributed by atoms with Crippen molar-refractivity contribution in [1.82, 2.24) is 5.32 Å². The Morgan fingerprint density at radius 1 is 1.41 bits per heavy atom. The molecule has 1 aromatic rings. The third-order valence-corrected chi connectivity index (χ3v) is 4.84. The summed E-state index contributed by atoms with van der Waals surface area (Å²) in [5.74, 6) is -0.527. The number of nitrogens with one attached hydrogen (secondary N) is 1. The lowest BCUT2D eigenvalue weighted by Gasteiger charge is -2.23. The summed E-state index contributed by atoms with van der Waals surface area (Å²) in [7, 11) is -3.65. The minimum Gasteiger partial charge on any atom is -0.381 e. The molecule has 0 aliphatic carbocycles. The van der Waals surface area contributed by atoms with E-state index in [1.165, 1.54) is 6.07 Å². The van der Waals surface area contributed by atoms with E-state index in [4.69, 9.17) is 21.6 Å². The summed E-state index contributed by atoms with van der Waals surface area (Å²) < 4.78 is 28.9. The van der Waals surface area contributed by atoms with Crippen LogP contribution in [0.5, 0.6) is 0 Å². The van der Waals surface area contributed by atoms with E-state index < -0.39 is 15.7 Å². The molecule has 0 unspecified atom stereocenters. The molecule has 1 aliphatic heterocycles. The summed E-state index contributed by atoms with van der Waals surface area (Å²) in [6.07, 6.45) is 2.33. The number of hydrogen-bond donors (Lipinski definition) is 1. The van der Waals surface area contributed by atoms with E-state index in [2.05, 4.69) is 5.32 Å². The number of sulfone groups is 1. The molecule has 0 radical (unpaired) electrons. The number of rotatable bonds is 3. The number of amides is 1. The van der Waals surface area contributed by atoms with E-state index in [1.807, 2.05) is 6.07 Å². The molecule has 1 saturated heterocycles. The van der Waals surface area contributed by atoms with Crippen molar-refractivity contribution in [3.05, 3.63) is 28.3 Å². The second kappa shape index (κ2) is 6.65. The molecule has 0 aromatic heterocycles. The molecule has 0 bridgehead atoms. The van der Waals surface area contributed by atoms with E-state index in [0.29, 0.717) is 26.1 Å². The maximum Gasteiger partial charge on any atom is 0.252 e. The molecule has 1 heterocycles. The monoisotopic (exact) mass is 342 g/mol. The van der Waals surface area contributed by atoms with Crippen molar-refractivity contribution in [3.63, 3.8) is 0 Å². The minimum atomic E-state index is -3.65. The van der Waals surface area contributed by atoms with Gasteiger partial charge >= 0.3 is 0 Å². The first-order valence-corrected chi connectivity index (χ1v) is 8.92. The van der Waals surface area contributed by atoms with Crippen LogP contribution < -0.4 is 5.32 Å². The smallest absolute Gasteiger partial charge is 0.252 e. The van der Waals surface area contributed by atoms with Gasteiger partial charge in [-0.1, -0.05) is 11.6 Å². The fraction of sp³-hybridized carbons (Fsp3) is 0.429. The Kier molecular flexibility index (Phi) is 5.06. The first kappa shape index (κ1) is 16.7. The van der Waals surface area contributed by atoms with Crippen molar-refractivity contribution >= 4 is 27.3 Å². The van der Waals surface area contributed by atoms with Gasteiger partial charge in [-0.3, -0.25) is 4.79 Å². The lowest BCUT2D eigenvalue weighted by Crippen LogP contribution is -2.39. The SMILES string of the molecule is CS(=O)(=O)c1cc(Cl)c(C#N)cc1C(=O)NC1CCOCC1. The normalized spacial score (nSPS) is 16.0. The fourth-order valence-electron chi connectivity index (χ4n) is 2.23. The average Bonchev–Trinajstić information content (AvgIpc) is 2.47. The highest BCUT2D eigenvalue weighted by atomic mass is 35.5. The lowest BCUT2D eigenvalue weighted by molar-refractivity contribution is 0.0695. The quantitative estimate of drug-likeness (QED) is 0.898. The Morgan fingerprint density at radius 3 is 2.59 bits per heavy atom. The van der Waals surface area contributed by atoms with E-state index in [1.54, 1.807) is 0 Å². The Balaban J connectivity index is 2.39. The van der Waals surface area contributed by atoms with Gasteiger partial charge < -0.3 is 10.1 Å². The molecule has 2 rings (SSSR count). The molecule has 1 aromatic carbocycles. The van der Waals surface area contributed by atoms with Crippen LogP contribution >= 0.6 is 11.6 Å². The maximum atomic E-state index is 12.4. The minimum absolute atomic E-state index is 0.00513. The number of halogens is 1. The molecule has 0 atom stereocenters. The lowest BCUT2D eigenvalue weighted by atomic mass is 10.1. The number of nitriles is 1. The van der Waals surface area contributed by atoms with Gasteiger partial charge in [-0.15, -0.1) is 0 Å². The van der Waals surface area contributed by atoms with Crippen molar-refractivity contribution in [1.29, 1.82) is 5.26 Å². The zero-order chi connectivity index (χ0) is 16.3. The Hall–Kier alpha value is -1.62. The number of carbonyl (C=O) groups excluding carboxylic acids is 1. The van der Waals surface area contributed by atoms with E-state index >= 15 is 0 Å². The number of nitrogens with zero attached hydrogens (tertiary/aromatic N) is 1. The summed E-state index contributed by atoms with van der Waals surface area (Å²) in [4.78, 5) is 12.2. The Bertz CT molecular complexity index is 734. The van der Waals surface area contributed by atoms with Crippen LogP contribution in [0.3, 0.4) is 0 Å². The van der Waals surface area contributed by atoms with Gasteiger partial charge in [-0.05, 0) is 25.0 Å². The highest BCUT2D eigenvalue weighted by Crippen LogP contribution is 2.25. The number of carbonyl (C=O) groups is 1. The zero-order valence-electron chi connectivity index (χ0n) is 11.9. The molecule has 8 heteroatoms. The summed E-state index contributed by atoms with van der Waals surface area (Å²) >= 11 is 5.87. The first-order valence-electron chi connectivity index (χ1n) is 6.65. The van der Waals surface area contributed by atoms with Gasteiger partial charge in [0.1, 0.15) is 6.07 Å². The van der Waals surface area contributed by atoms with Gasteiger partial charge in [0.25, 0.3) is 5.91 Å². The van der Waals surface area contributed by atoms with Crippen LogP contribution in [0.25, 0.3) is 0 Å². The number of ether oxygens (including phenoxy) is 1. The van der Waals surface area contributed by atoms with E-state index in [-0.39, 0.29) is 27.1 Å². The van der Waals surface area contributed by atoms with Crippen molar-refractivity contribution < 1.29 is 17.9 Å². The summed E-state index contributed by atoms with van der Waals surface area (Å²) in [5, 5.41) is 11.8. The molecule has 1 aliphatic rings. The zero-order valence-corrected chi connectivity index (χ0v) is 13.5. The molecule has 1 fully saturated rings. The average molecular weight is 343 g/mol. The Labute approximate surface area is 133 Å². The van der Waals surface area contributed by atoms with Crippen molar-refractivity contribution in [2.24, 2.45) is 0 Å². The second-order valence-corrected chi connectivity index (χ2v) is 7.46. The third kappa shape index (κ3) is 3.77. The van der Waals surface area contributed by atoms with Gasteiger partial charge in [-0.2, -0.15) is 5.26 Å². The molecule has 1 amide bonds. The van der Waals surface area contributed by atoms with E-state index in [0.717, 1.165) is 12.3 Å². The summed E-state index contributed by atoms with van der Waals surface area (Å²) in [5.41, 5.74) is 0.00105. The third-order valence-electron chi connectivity index (χ3n) is 3.39. The topological polar surface area (TPSA) is 96.3 Å². The molecular weight excluding hydrogens is 328 g/mol. The summed E-state index contributed by atoms with van der Waals surface area (Å²) in [6, 6.07) is 4.13. The maximum absolute atomic E-state index is 12.4. The first-order chi connectivity index (χ1) is 10.3. The van der Waals surface area contributed by atoms with Gasteiger partial charge in [0, 0.05) is 25.5 Å². The molecule has 118 valence electrons. The summed E-state index contributed by atoms with van der Waals surface area (Å²) in [6.45, 7) is 1.10. The van der Waals surface area contributed by atoms with Gasteiger partial charge in [-0.25, -0.2) is 8.42 Å². The highest BCUT2D eigenvalue weighted by Gasteiger charge is 2.24. The van der Waals surface area contributed by atoms with Crippen molar-refractivity contribution in [2.45, 2.75) is 23.8 Å². The van der Waals surface area contributed by atoms with E-state index in [9.17, 15) is 13.2 Å². The van der Waals surface area contributed by atoms with Crippen molar-refractivity contribution in [2.75, 3.05) is 19.5 Å². The van der Waals surface area contributed by atoms with Crippen LogP contribution in [-0.2, 0) is 14.6 Å². The largest absolute Gasteiger partial charge is 0.381 e. The fourth-order valence-corrected chi connectivity index (χ4v) is 3.38. The second-order valence-electron chi connectivity index (χ2n) is 5.07. The molecular formula is C14H15ClN2O4S. The molecule has 1 N–H and O–H groups in total. The van der Waals surface area contributed by atoms with Crippen molar-refractivity contribution in [3.8, 4) is 6.07 Å². The predicted octanol–water partition coefficient (Wildman–Crippen LogP) is 1.52. The van der Waals surface area contributed by atoms with Crippen LogP contribution in [0.2, 0.25) is 5.02 Å². The van der Waals surface area contributed by atoms with Crippen LogP contribution in [-0.4, -0.2) is 39.8 Å². The molecule has 0 saturated carbocycles. The van der Waals surface area contributed by atoms with Crippen LogP contribution in [0.4, 0.5) is 0 Å². The Morgan fingerprint density at radius 2 is 2.05 bits per heavy atom. The van der Waals surface area contributed by atoms with Crippen LogP contribution in [0, 0.1) is 11.3 Å². The predicted molar refractivity (Wildman–Crippen MR) is 80.6 cm³/mol. The number of hydrogen-bond acceptors (Lipinski definition) is 5. The molecule has 22 heavy (non-hydrogen) atoms. The van der Waals surface area contributed by atoms with Crippen LogP contribution in [0.1, 0.15) is 28.8 Å². The van der Waals surface area contributed by atoms with Gasteiger partial charge in [0.05, 0.1) is 21.0 Å². The highest BCUT2D eigenvalue weighted by molar-refractivity contribution is 7.90. The molecule has 6 nitrogen and oxygen atoms in total. The standard InChI is InChI=1S/C14H15ClN2O4S/c1-22(19,20)13-7-12(15)9(8-16)6-11(13)14(18)17-10-2-4-21-5-3-10/h6-7,10H,2-5H2,1H3,(H,17,18). The molecule has 0 spiro atoms. The van der Waals surface area contributed by atoms with Gasteiger partial charge in [0.15, 0.2) is 9.84 Å². The number of benzene rings is 1. The van der Waals surface area contributed by atoms with Crippen LogP contribution in [0.15, 0.2) is 17.0 Å². The van der Waals surface area contributed by atoms with Gasteiger partial charge in [0.2, 0.25) is 0 Å².